The lowest BCUT2D eigenvalue weighted by Gasteiger charge is -2.38. The third kappa shape index (κ3) is 5.00. The number of nitrogens with one attached hydrogen (secondary N) is 1. The molecule has 3 amide bonds. The van der Waals surface area contributed by atoms with Crippen molar-refractivity contribution in [2.24, 2.45) is 0 Å². The molecule has 1 unspecified atom stereocenters. The highest BCUT2D eigenvalue weighted by Gasteiger charge is 2.39. The Labute approximate surface area is 176 Å². The molecule has 0 saturated carbocycles. The number of carbonyl (C=O) groups is 3. The lowest BCUT2D eigenvalue weighted by Crippen LogP contribution is -2.57. The summed E-state index contributed by atoms with van der Waals surface area (Å²) in [5, 5.41) is 2.83. The average Bonchev–Trinajstić information content (AvgIpc) is 2.76. The molecule has 1 atom stereocenters. The molecule has 1 N–H and O–H groups in total. The first-order chi connectivity index (χ1) is 14.5. The van der Waals surface area contributed by atoms with Gasteiger partial charge in [0.05, 0.1) is 24.1 Å². The Bertz CT molecular complexity index is 885. The number of aromatic nitrogens is 2. The Morgan fingerprint density at radius 1 is 1.10 bits per heavy atom. The molecule has 0 spiro atoms. The molecule has 1 aliphatic rings. The van der Waals surface area contributed by atoms with Gasteiger partial charge in [0.2, 0.25) is 5.91 Å². The standard InChI is InChI=1S/C22H27N5O3/c1-3-4-10-26-11-12-27(22(30)21(26)29)19(17-8-6-5-7-9-17)20(28)25-15-18-14-23-16(2)13-24-18/h5-9,13-14,19H,3-4,10-12,15H2,1-2H3,(H,25,28). The molecule has 0 aliphatic carbocycles. The highest BCUT2D eigenvalue weighted by Crippen LogP contribution is 2.24. The molecule has 1 aromatic heterocycles. The number of benzene rings is 1. The fourth-order valence-corrected chi connectivity index (χ4v) is 3.39. The van der Waals surface area contributed by atoms with Gasteiger partial charge in [-0.2, -0.15) is 0 Å². The van der Waals surface area contributed by atoms with E-state index in [0.717, 1.165) is 18.5 Å². The van der Waals surface area contributed by atoms with Crippen LogP contribution in [-0.4, -0.2) is 57.1 Å². The SMILES string of the molecule is CCCCN1CCN(C(C(=O)NCc2cnc(C)cn2)c2ccccc2)C(=O)C1=O. The number of hydrogen-bond donors (Lipinski definition) is 1. The van der Waals surface area contributed by atoms with Gasteiger partial charge in [0, 0.05) is 25.8 Å². The van der Waals surface area contributed by atoms with Crippen LogP contribution >= 0.6 is 0 Å². The smallest absolute Gasteiger partial charge is 0.313 e. The third-order valence-electron chi connectivity index (χ3n) is 5.08. The maximum atomic E-state index is 13.1. The van der Waals surface area contributed by atoms with Crippen molar-refractivity contribution in [1.82, 2.24) is 25.1 Å². The van der Waals surface area contributed by atoms with Crippen LogP contribution < -0.4 is 5.32 Å². The van der Waals surface area contributed by atoms with Crippen LogP contribution in [0.1, 0.15) is 42.8 Å². The molecule has 8 nitrogen and oxygen atoms in total. The molecule has 158 valence electrons. The Morgan fingerprint density at radius 3 is 2.53 bits per heavy atom. The zero-order valence-corrected chi connectivity index (χ0v) is 17.4. The highest BCUT2D eigenvalue weighted by atomic mass is 16.2. The number of aryl methyl sites for hydroxylation is 1. The number of nitrogens with zero attached hydrogens (tertiary/aromatic N) is 4. The summed E-state index contributed by atoms with van der Waals surface area (Å²) in [7, 11) is 0. The summed E-state index contributed by atoms with van der Waals surface area (Å²) < 4.78 is 0. The van der Waals surface area contributed by atoms with E-state index < -0.39 is 17.9 Å². The maximum Gasteiger partial charge on any atom is 0.313 e. The fraction of sp³-hybridized carbons (Fsp3) is 0.409. The van der Waals surface area contributed by atoms with Crippen molar-refractivity contribution in [1.29, 1.82) is 0 Å². The van der Waals surface area contributed by atoms with E-state index in [1.54, 1.807) is 29.4 Å². The summed E-state index contributed by atoms with van der Waals surface area (Å²) in [6.07, 6.45) is 5.03. The predicted molar refractivity (Wildman–Crippen MR) is 111 cm³/mol. The summed E-state index contributed by atoms with van der Waals surface area (Å²) in [6, 6.07) is 8.16. The van der Waals surface area contributed by atoms with Crippen molar-refractivity contribution >= 4 is 17.7 Å². The summed E-state index contributed by atoms with van der Waals surface area (Å²) in [5.74, 6) is -1.55. The van der Waals surface area contributed by atoms with E-state index in [9.17, 15) is 14.4 Å². The van der Waals surface area contributed by atoms with Crippen LogP contribution in [0.2, 0.25) is 0 Å². The molecule has 2 heterocycles. The van der Waals surface area contributed by atoms with Crippen molar-refractivity contribution in [3.05, 3.63) is 59.7 Å². The molecular weight excluding hydrogens is 382 g/mol. The number of carbonyl (C=O) groups excluding carboxylic acids is 3. The van der Waals surface area contributed by atoms with E-state index in [1.165, 1.54) is 4.90 Å². The zero-order valence-electron chi connectivity index (χ0n) is 17.4. The van der Waals surface area contributed by atoms with E-state index in [4.69, 9.17) is 0 Å². The van der Waals surface area contributed by atoms with Gasteiger partial charge in [-0.3, -0.25) is 24.4 Å². The monoisotopic (exact) mass is 409 g/mol. The minimum absolute atomic E-state index is 0.189. The van der Waals surface area contributed by atoms with Crippen molar-refractivity contribution < 1.29 is 14.4 Å². The first kappa shape index (κ1) is 21.4. The van der Waals surface area contributed by atoms with E-state index in [1.807, 2.05) is 32.0 Å². The van der Waals surface area contributed by atoms with Gasteiger partial charge in [-0.1, -0.05) is 43.7 Å². The molecule has 3 rings (SSSR count). The quantitative estimate of drug-likeness (QED) is 0.669. The molecule has 0 bridgehead atoms. The van der Waals surface area contributed by atoms with Gasteiger partial charge in [-0.25, -0.2) is 0 Å². The molecule has 1 fully saturated rings. The van der Waals surface area contributed by atoms with E-state index in [0.29, 0.717) is 30.9 Å². The van der Waals surface area contributed by atoms with Gasteiger partial charge < -0.3 is 15.1 Å². The molecule has 1 saturated heterocycles. The van der Waals surface area contributed by atoms with Gasteiger partial charge in [-0.05, 0) is 18.9 Å². The Kier molecular flexibility index (Phi) is 7.11. The summed E-state index contributed by atoms with van der Waals surface area (Å²) in [5.41, 5.74) is 2.07. The third-order valence-corrected chi connectivity index (χ3v) is 5.08. The zero-order chi connectivity index (χ0) is 21.5. The van der Waals surface area contributed by atoms with Gasteiger partial charge in [0.15, 0.2) is 0 Å². The largest absolute Gasteiger partial charge is 0.348 e. The van der Waals surface area contributed by atoms with E-state index >= 15 is 0 Å². The van der Waals surface area contributed by atoms with Crippen LogP contribution in [-0.2, 0) is 20.9 Å². The van der Waals surface area contributed by atoms with Crippen LogP contribution in [0, 0.1) is 6.92 Å². The van der Waals surface area contributed by atoms with Gasteiger partial charge in [-0.15, -0.1) is 0 Å². The van der Waals surface area contributed by atoms with Gasteiger partial charge in [0.25, 0.3) is 0 Å². The van der Waals surface area contributed by atoms with Crippen LogP contribution in [0.5, 0.6) is 0 Å². The van der Waals surface area contributed by atoms with Crippen molar-refractivity contribution in [3.8, 4) is 0 Å². The molecule has 30 heavy (non-hydrogen) atoms. The summed E-state index contributed by atoms with van der Waals surface area (Å²) >= 11 is 0. The van der Waals surface area contributed by atoms with Crippen molar-refractivity contribution in [2.45, 2.75) is 39.3 Å². The normalized spacial score (nSPS) is 15.3. The fourth-order valence-electron chi connectivity index (χ4n) is 3.39. The predicted octanol–water partition coefficient (Wildman–Crippen LogP) is 1.61. The Balaban J connectivity index is 1.77. The molecule has 8 heteroatoms. The highest BCUT2D eigenvalue weighted by molar-refractivity contribution is 6.35. The molecule has 1 aromatic carbocycles. The van der Waals surface area contributed by atoms with Gasteiger partial charge >= 0.3 is 11.8 Å². The second-order valence-electron chi connectivity index (χ2n) is 7.32. The van der Waals surface area contributed by atoms with Crippen LogP contribution in [0.15, 0.2) is 42.7 Å². The van der Waals surface area contributed by atoms with Crippen LogP contribution in [0.4, 0.5) is 0 Å². The van der Waals surface area contributed by atoms with Crippen molar-refractivity contribution in [3.63, 3.8) is 0 Å². The molecule has 0 radical (unpaired) electrons. The Hall–Kier alpha value is -3.29. The lowest BCUT2D eigenvalue weighted by molar-refractivity contribution is -0.159. The van der Waals surface area contributed by atoms with E-state index in [-0.39, 0.29) is 12.5 Å². The van der Waals surface area contributed by atoms with Crippen LogP contribution in [0.3, 0.4) is 0 Å². The van der Waals surface area contributed by atoms with Gasteiger partial charge in [0.1, 0.15) is 6.04 Å². The minimum atomic E-state index is -0.880. The van der Waals surface area contributed by atoms with Crippen LogP contribution in [0.25, 0.3) is 0 Å². The first-order valence-electron chi connectivity index (χ1n) is 10.2. The lowest BCUT2D eigenvalue weighted by atomic mass is 10.0. The molecule has 2 aromatic rings. The average molecular weight is 409 g/mol. The molecular formula is C22H27N5O3. The second kappa shape index (κ2) is 9.96. The van der Waals surface area contributed by atoms with Crippen molar-refractivity contribution in [2.75, 3.05) is 19.6 Å². The summed E-state index contributed by atoms with van der Waals surface area (Å²) in [6.45, 7) is 5.35. The number of piperazine rings is 1. The Morgan fingerprint density at radius 2 is 1.87 bits per heavy atom. The molecule has 1 aliphatic heterocycles. The number of rotatable bonds is 8. The second-order valence-corrected chi connectivity index (χ2v) is 7.32. The number of amides is 3. The number of unbranched alkanes of at least 4 members (excludes halogenated alkanes) is 1. The number of hydrogen-bond acceptors (Lipinski definition) is 5. The topological polar surface area (TPSA) is 95.5 Å². The summed E-state index contributed by atoms with van der Waals surface area (Å²) in [4.78, 5) is 49.9. The maximum absolute atomic E-state index is 13.1. The minimum Gasteiger partial charge on any atom is -0.348 e. The first-order valence-corrected chi connectivity index (χ1v) is 10.2. The van der Waals surface area contributed by atoms with E-state index in [2.05, 4.69) is 15.3 Å².